The van der Waals surface area contributed by atoms with Gasteiger partial charge in [-0.25, -0.2) is 14.3 Å². The first kappa shape index (κ1) is 22.9. The number of fused-ring (bicyclic) bond motifs is 1. The molecule has 11 nitrogen and oxygen atoms in total. The highest BCUT2D eigenvalue weighted by Crippen LogP contribution is 2.30. The van der Waals surface area contributed by atoms with Crippen LogP contribution < -0.4 is 9.64 Å². The molecule has 3 rings (SSSR count). The molecule has 0 aromatic carbocycles. The zero-order chi connectivity index (χ0) is 23.6. The maximum Gasteiger partial charge on any atom is 0.424 e. The van der Waals surface area contributed by atoms with E-state index in [1.165, 1.54) is 4.68 Å². The maximum absolute atomic E-state index is 11.4. The van der Waals surface area contributed by atoms with E-state index in [0.29, 0.717) is 35.4 Å². The lowest BCUT2D eigenvalue weighted by molar-refractivity contribution is 0.184. The number of halogens is 1. The number of rotatable bonds is 7. The fourth-order valence-electron chi connectivity index (χ4n) is 3.34. The molecule has 32 heavy (non-hydrogen) atoms. The van der Waals surface area contributed by atoms with Crippen LogP contribution in [0.1, 0.15) is 28.9 Å². The Bertz CT molecular complexity index is 1210. The second-order valence-electron chi connectivity index (χ2n) is 6.89. The lowest BCUT2D eigenvalue weighted by Crippen LogP contribution is -2.36. The highest BCUT2D eigenvalue weighted by atomic mass is 35.5. The molecule has 12 heteroatoms. The number of ether oxygens (including phenoxy) is 1. The molecule has 2 amide bonds. The smallest absolute Gasteiger partial charge is 0.424 e. The van der Waals surface area contributed by atoms with E-state index >= 15 is 0 Å². The monoisotopic (exact) mass is 460 g/mol. The number of carbonyl (C=O) groups is 2. The van der Waals surface area contributed by atoms with Crippen LogP contribution in [0.5, 0.6) is 5.75 Å². The van der Waals surface area contributed by atoms with E-state index < -0.39 is 18.1 Å². The molecule has 0 bridgehead atoms. The van der Waals surface area contributed by atoms with Gasteiger partial charge in [0.1, 0.15) is 10.9 Å². The van der Waals surface area contributed by atoms with E-state index in [2.05, 4.69) is 26.6 Å². The molecule has 0 saturated heterocycles. The predicted octanol–water partition coefficient (Wildman–Crippen LogP) is 3.83. The predicted molar refractivity (Wildman–Crippen MR) is 117 cm³/mol. The largest absolute Gasteiger partial charge is 0.496 e. The van der Waals surface area contributed by atoms with Crippen molar-refractivity contribution in [2.24, 2.45) is 0 Å². The third-order valence-corrected chi connectivity index (χ3v) is 5.10. The molecule has 0 aliphatic rings. The van der Waals surface area contributed by atoms with Crippen molar-refractivity contribution in [2.75, 3.05) is 12.0 Å². The first-order valence-electron chi connectivity index (χ1n) is 9.48. The van der Waals surface area contributed by atoms with Gasteiger partial charge in [-0.1, -0.05) is 17.7 Å². The standard InChI is InChI=1S/C20H21ClN6O5/c1-5-6-7-12-14-16(21)23-18(27(19(28)29)20(30)31)24-17(14)26(25-12)9-13-11(3)15(32-4)10(2)8-22-13/h5,8H,1,6-7,9H2,2-4H3,(H,28,29)(H,30,31). The molecule has 0 saturated carbocycles. The van der Waals surface area contributed by atoms with Crippen molar-refractivity contribution in [1.82, 2.24) is 24.7 Å². The van der Waals surface area contributed by atoms with Gasteiger partial charge in [-0.05, 0) is 26.7 Å². The Kier molecular flexibility index (Phi) is 6.58. The minimum absolute atomic E-state index is 0.00945. The first-order chi connectivity index (χ1) is 15.2. The van der Waals surface area contributed by atoms with Gasteiger partial charge >= 0.3 is 12.2 Å². The summed E-state index contributed by atoms with van der Waals surface area (Å²) in [5.74, 6) is 0.0970. The molecular formula is C20H21ClN6O5. The minimum atomic E-state index is -1.76. The number of pyridine rings is 1. The van der Waals surface area contributed by atoms with Gasteiger partial charge in [0.05, 0.1) is 30.4 Å². The Morgan fingerprint density at radius 3 is 2.53 bits per heavy atom. The third kappa shape index (κ3) is 4.19. The molecule has 3 aromatic heterocycles. The number of methoxy groups -OCH3 is 1. The van der Waals surface area contributed by atoms with Gasteiger partial charge in [-0.15, -0.1) is 11.5 Å². The van der Waals surface area contributed by atoms with Crippen LogP contribution in [0.2, 0.25) is 5.15 Å². The van der Waals surface area contributed by atoms with E-state index in [4.69, 9.17) is 16.3 Å². The van der Waals surface area contributed by atoms with Crippen molar-refractivity contribution in [3.8, 4) is 5.75 Å². The number of imide groups is 1. The highest BCUT2D eigenvalue weighted by molar-refractivity contribution is 6.34. The van der Waals surface area contributed by atoms with E-state index in [1.54, 1.807) is 19.4 Å². The number of anilines is 1. The van der Waals surface area contributed by atoms with E-state index in [-0.39, 0.29) is 22.2 Å². The Hall–Kier alpha value is -3.73. The van der Waals surface area contributed by atoms with Crippen LogP contribution in [-0.2, 0) is 13.0 Å². The fraction of sp³-hybridized carbons (Fsp3) is 0.300. The number of amides is 2. The third-order valence-electron chi connectivity index (χ3n) is 4.83. The number of aromatic nitrogens is 5. The van der Waals surface area contributed by atoms with Gasteiger partial charge in [0.15, 0.2) is 5.65 Å². The van der Waals surface area contributed by atoms with Crippen molar-refractivity contribution >= 4 is 40.8 Å². The molecule has 0 radical (unpaired) electrons. The molecule has 0 unspecified atom stereocenters. The summed E-state index contributed by atoms with van der Waals surface area (Å²) in [6.07, 6.45) is 0.978. The number of hydrogen-bond acceptors (Lipinski definition) is 7. The van der Waals surface area contributed by atoms with E-state index in [1.807, 2.05) is 13.8 Å². The van der Waals surface area contributed by atoms with Crippen molar-refractivity contribution in [1.29, 1.82) is 0 Å². The molecule has 0 spiro atoms. The molecule has 2 N–H and O–H groups in total. The normalized spacial score (nSPS) is 10.9. The fourth-order valence-corrected chi connectivity index (χ4v) is 3.61. The molecular weight excluding hydrogens is 440 g/mol. The number of carboxylic acid groups (broad SMARTS) is 2. The van der Waals surface area contributed by atoms with Crippen LogP contribution in [-0.4, -0.2) is 54.2 Å². The van der Waals surface area contributed by atoms with Gasteiger partial charge in [-0.3, -0.25) is 4.98 Å². The Morgan fingerprint density at radius 1 is 1.25 bits per heavy atom. The van der Waals surface area contributed by atoms with Crippen molar-refractivity contribution < 1.29 is 24.5 Å². The summed E-state index contributed by atoms with van der Waals surface area (Å²) in [5, 5.41) is 23.4. The SMILES string of the molecule is C=CCCc1nn(Cc2ncc(C)c(OC)c2C)c2nc(N(C(=O)O)C(=O)O)nc(Cl)c12. The topological polar surface area (TPSA) is 144 Å². The summed E-state index contributed by atoms with van der Waals surface area (Å²) in [6.45, 7) is 7.62. The summed E-state index contributed by atoms with van der Waals surface area (Å²) in [5.41, 5.74) is 3.09. The second kappa shape index (κ2) is 9.18. The summed E-state index contributed by atoms with van der Waals surface area (Å²) < 4.78 is 6.95. The molecule has 168 valence electrons. The van der Waals surface area contributed by atoms with Crippen molar-refractivity contribution in [2.45, 2.75) is 33.2 Å². The van der Waals surface area contributed by atoms with Crippen molar-refractivity contribution in [3.63, 3.8) is 0 Å². The van der Waals surface area contributed by atoms with Gasteiger partial charge in [0.2, 0.25) is 5.95 Å². The van der Waals surface area contributed by atoms with Gasteiger partial charge in [-0.2, -0.15) is 15.1 Å². The summed E-state index contributed by atoms with van der Waals surface area (Å²) in [4.78, 5) is 35.4. The van der Waals surface area contributed by atoms with Crippen LogP contribution in [0.3, 0.4) is 0 Å². The first-order valence-corrected chi connectivity index (χ1v) is 9.86. The average Bonchev–Trinajstić information content (AvgIpc) is 3.06. The quantitative estimate of drug-likeness (QED) is 0.397. The summed E-state index contributed by atoms with van der Waals surface area (Å²) >= 11 is 6.34. The van der Waals surface area contributed by atoms with Gasteiger partial charge in [0, 0.05) is 17.3 Å². The lowest BCUT2D eigenvalue weighted by atomic mass is 10.1. The van der Waals surface area contributed by atoms with Crippen LogP contribution in [0.4, 0.5) is 15.5 Å². The highest BCUT2D eigenvalue weighted by Gasteiger charge is 2.28. The van der Waals surface area contributed by atoms with Gasteiger partial charge in [0.25, 0.3) is 0 Å². The van der Waals surface area contributed by atoms with Crippen LogP contribution in [0.15, 0.2) is 18.9 Å². The minimum Gasteiger partial charge on any atom is -0.496 e. The van der Waals surface area contributed by atoms with Crippen molar-refractivity contribution in [3.05, 3.63) is 46.5 Å². The number of aryl methyl sites for hydroxylation is 2. The molecule has 0 fully saturated rings. The Labute approximate surface area is 187 Å². The average molecular weight is 461 g/mol. The zero-order valence-electron chi connectivity index (χ0n) is 17.7. The lowest BCUT2D eigenvalue weighted by Gasteiger charge is -2.13. The summed E-state index contributed by atoms with van der Waals surface area (Å²) in [6, 6.07) is 0. The number of allylic oxidation sites excluding steroid dienone is 1. The molecule has 3 heterocycles. The van der Waals surface area contributed by atoms with Crippen LogP contribution in [0.25, 0.3) is 11.0 Å². The number of nitrogens with zero attached hydrogens (tertiary/aromatic N) is 6. The Morgan fingerprint density at radius 2 is 1.94 bits per heavy atom. The van der Waals surface area contributed by atoms with Crippen LogP contribution in [0, 0.1) is 13.8 Å². The molecule has 0 atom stereocenters. The second-order valence-corrected chi connectivity index (χ2v) is 7.25. The Balaban J connectivity index is 2.22. The van der Waals surface area contributed by atoms with Gasteiger partial charge < -0.3 is 14.9 Å². The molecule has 3 aromatic rings. The maximum atomic E-state index is 11.4. The molecule has 0 aliphatic heterocycles. The van der Waals surface area contributed by atoms with Crippen LogP contribution >= 0.6 is 11.6 Å². The van der Waals surface area contributed by atoms with E-state index in [0.717, 1.165) is 11.1 Å². The molecule has 0 aliphatic carbocycles. The zero-order valence-corrected chi connectivity index (χ0v) is 18.4. The number of hydrogen-bond donors (Lipinski definition) is 2. The van der Waals surface area contributed by atoms with E-state index in [9.17, 15) is 19.8 Å². The summed E-state index contributed by atoms with van der Waals surface area (Å²) in [7, 11) is 1.57.